The molecule has 0 aliphatic rings. The number of anilines is 1. The van der Waals surface area contributed by atoms with Gasteiger partial charge in [0.1, 0.15) is 5.56 Å². The molecule has 1 heterocycles. The van der Waals surface area contributed by atoms with Gasteiger partial charge in [-0.3, -0.25) is 4.98 Å². The van der Waals surface area contributed by atoms with Gasteiger partial charge in [0.25, 0.3) is 0 Å². The summed E-state index contributed by atoms with van der Waals surface area (Å²) in [6, 6.07) is 12.4. The summed E-state index contributed by atoms with van der Waals surface area (Å²) >= 11 is 6.29. The van der Waals surface area contributed by atoms with Crippen LogP contribution in [0.5, 0.6) is 11.5 Å². The number of aromatic hydroxyl groups is 1. The van der Waals surface area contributed by atoms with E-state index in [-0.39, 0.29) is 22.1 Å². The average molecular weight is 399 g/mol. The van der Waals surface area contributed by atoms with Crippen LogP contribution in [0.2, 0.25) is 5.02 Å². The first-order valence-electron chi connectivity index (χ1n) is 9.16. The lowest BCUT2D eigenvalue weighted by molar-refractivity contribution is 0.0731. The van der Waals surface area contributed by atoms with Gasteiger partial charge in [0.15, 0.2) is 11.5 Å². The number of carbonyl (C=O) groups excluding carboxylic acids is 1. The molecule has 3 aromatic rings. The molecule has 0 aliphatic heterocycles. The SMILES string of the molecule is CC(C)N(c1cnc2c(C(=O)Oc3ccccc3O)c(Cl)ccc2c1)C(C)C. The minimum Gasteiger partial charge on any atom is -0.504 e. The molecule has 0 radical (unpaired) electrons. The molecule has 0 fully saturated rings. The number of phenolic OH excluding ortho intramolecular Hbond substituents is 1. The smallest absolute Gasteiger partial charge is 0.347 e. The van der Waals surface area contributed by atoms with Crippen molar-refractivity contribution in [3.8, 4) is 11.5 Å². The van der Waals surface area contributed by atoms with Crippen molar-refractivity contribution in [1.29, 1.82) is 0 Å². The number of aromatic nitrogens is 1. The van der Waals surface area contributed by atoms with Crippen LogP contribution in [0.4, 0.5) is 5.69 Å². The molecule has 1 aromatic heterocycles. The van der Waals surface area contributed by atoms with Crippen molar-refractivity contribution in [2.45, 2.75) is 39.8 Å². The summed E-state index contributed by atoms with van der Waals surface area (Å²) in [4.78, 5) is 19.5. The number of carbonyl (C=O) groups is 1. The molecule has 2 aromatic carbocycles. The zero-order chi connectivity index (χ0) is 20.4. The summed E-state index contributed by atoms with van der Waals surface area (Å²) in [6.07, 6.45) is 1.75. The molecular weight excluding hydrogens is 376 g/mol. The third kappa shape index (κ3) is 3.90. The van der Waals surface area contributed by atoms with Crippen molar-refractivity contribution in [2.24, 2.45) is 0 Å². The van der Waals surface area contributed by atoms with E-state index < -0.39 is 5.97 Å². The molecule has 3 rings (SSSR count). The van der Waals surface area contributed by atoms with Crippen LogP contribution < -0.4 is 9.64 Å². The van der Waals surface area contributed by atoms with Crippen molar-refractivity contribution in [2.75, 3.05) is 4.90 Å². The minimum atomic E-state index is -0.665. The molecule has 0 unspecified atom stereocenters. The third-order valence-corrected chi connectivity index (χ3v) is 4.79. The van der Waals surface area contributed by atoms with E-state index in [2.05, 4.69) is 37.6 Å². The Kier molecular flexibility index (Phi) is 5.75. The predicted molar refractivity (Wildman–Crippen MR) is 113 cm³/mol. The van der Waals surface area contributed by atoms with Crippen molar-refractivity contribution in [3.63, 3.8) is 0 Å². The highest BCUT2D eigenvalue weighted by atomic mass is 35.5. The Bertz CT molecular complexity index is 1010. The number of hydrogen-bond acceptors (Lipinski definition) is 5. The molecule has 0 saturated heterocycles. The number of pyridine rings is 1. The van der Waals surface area contributed by atoms with E-state index in [1.807, 2.05) is 12.1 Å². The van der Waals surface area contributed by atoms with Gasteiger partial charge < -0.3 is 14.7 Å². The molecule has 0 atom stereocenters. The van der Waals surface area contributed by atoms with Crippen LogP contribution in [-0.2, 0) is 0 Å². The van der Waals surface area contributed by atoms with Crippen LogP contribution in [0.3, 0.4) is 0 Å². The molecule has 0 bridgehead atoms. The maximum absolute atomic E-state index is 12.8. The number of para-hydroxylation sites is 2. The summed E-state index contributed by atoms with van der Waals surface area (Å²) < 4.78 is 5.35. The standard InChI is InChI=1S/C22H23ClN2O3/c1-13(2)25(14(3)4)16-11-15-9-10-17(23)20(21(15)24-12-16)22(27)28-19-8-6-5-7-18(19)26/h5-14,26H,1-4H3. The highest BCUT2D eigenvalue weighted by Gasteiger charge is 2.21. The lowest BCUT2D eigenvalue weighted by Crippen LogP contribution is -2.37. The lowest BCUT2D eigenvalue weighted by Gasteiger charge is -2.33. The van der Waals surface area contributed by atoms with E-state index in [0.29, 0.717) is 17.6 Å². The van der Waals surface area contributed by atoms with Gasteiger partial charge in [-0.05, 0) is 52.0 Å². The first-order chi connectivity index (χ1) is 13.3. The number of benzene rings is 2. The van der Waals surface area contributed by atoms with Crippen LogP contribution >= 0.6 is 11.6 Å². The summed E-state index contributed by atoms with van der Waals surface area (Å²) in [5.41, 5.74) is 1.61. The number of fused-ring (bicyclic) bond motifs is 1. The Morgan fingerprint density at radius 1 is 1.11 bits per heavy atom. The van der Waals surface area contributed by atoms with Crippen molar-refractivity contribution in [3.05, 3.63) is 59.2 Å². The molecular formula is C22H23ClN2O3. The second-order valence-electron chi connectivity index (χ2n) is 7.14. The maximum Gasteiger partial charge on any atom is 0.347 e. The fourth-order valence-corrected chi connectivity index (χ4v) is 3.62. The zero-order valence-electron chi connectivity index (χ0n) is 16.3. The van der Waals surface area contributed by atoms with Crippen molar-refractivity contribution in [1.82, 2.24) is 4.98 Å². The van der Waals surface area contributed by atoms with E-state index in [1.165, 1.54) is 12.1 Å². The number of nitrogens with zero attached hydrogens (tertiary/aromatic N) is 2. The van der Waals surface area contributed by atoms with Crippen LogP contribution in [-0.4, -0.2) is 28.1 Å². The quantitative estimate of drug-likeness (QED) is 0.458. The lowest BCUT2D eigenvalue weighted by atomic mass is 10.1. The number of hydrogen-bond donors (Lipinski definition) is 1. The van der Waals surface area contributed by atoms with Crippen LogP contribution in [0.15, 0.2) is 48.7 Å². The molecule has 0 amide bonds. The Morgan fingerprint density at radius 3 is 2.43 bits per heavy atom. The molecule has 0 spiro atoms. The first-order valence-corrected chi connectivity index (χ1v) is 9.54. The number of phenols is 1. The topological polar surface area (TPSA) is 62.7 Å². The number of esters is 1. The van der Waals surface area contributed by atoms with E-state index in [1.54, 1.807) is 24.4 Å². The van der Waals surface area contributed by atoms with Gasteiger partial charge >= 0.3 is 5.97 Å². The molecule has 0 aliphatic carbocycles. The Morgan fingerprint density at radius 2 is 1.79 bits per heavy atom. The summed E-state index contributed by atoms with van der Waals surface area (Å²) in [6.45, 7) is 8.50. The van der Waals surface area contributed by atoms with Crippen molar-refractivity contribution >= 4 is 34.2 Å². The van der Waals surface area contributed by atoms with Gasteiger partial charge in [-0.2, -0.15) is 0 Å². The first kappa shape index (κ1) is 20.0. The Balaban J connectivity index is 2.04. The molecule has 146 valence electrons. The van der Waals surface area contributed by atoms with E-state index in [4.69, 9.17) is 16.3 Å². The molecule has 6 heteroatoms. The second-order valence-corrected chi connectivity index (χ2v) is 7.55. The van der Waals surface area contributed by atoms with Gasteiger partial charge in [-0.15, -0.1) is 0 Å². The number of rotatable bonds is 5. The van der Waals surface area contributed by atoms with Crippen LogP contribution in [0.1, 0.15) is 38.1 Å². The molecule has 1 N–H and O–H groups in total. The fourth-order valence-electron chi connectivity index (χ4n) is 3.39. The Labute approximate surface area is 169 Å². The number of ether oxygens (including phenoxy) is 1. The van der Waals surface area contributed by atoms with Crippen molar-refractivity contribution < 1.29 is 14.6 Å². The normalized spacial score (nSPS) is 11.2. The third-order valence-electron chi connectivity index (χ3n) is 4.47. The summed E-state index contributed by atoms with van der Waals surface area (Å²) in [7, 11) is 0. The number of halogens is 1. The largest absolute Gasteiger partial charge is 0.504 e. The highest BCUT2D eigenvalue weighted by Crippen LogP contribution is 2.31. The van der Waals surface area contributed by atoms with Gasteiger partial charge in [-0.1, -0.05) is 29.8 Å². The average Bonchev–Trinajstić information content (AvgIpc) is 2.63. The van der Waals surface area contributed by atoms with Gasteiger partial charge in [-0.25, -0.2) is 4.79 Å². The van der Waals surface area contributed by atoms with E-state index in [0.717, 1.165) is 11.1 Å². The minimum absolute atomic E-state index is 0.0722. The van der Waals surface area contributed by atoms with Crippen LogP contribution in [0.25, 0.3) is 10.9 Å². The maximum atomic E-state index is 12.8. The summed E-state index contributed by atoms with van der Waals surface area (Å²) in [5, 5.41) is 10.9. The van der Waals surface area contributed by atoms with Gasteiger partial charge in [0.05, 0.1) is 22.4 Å². The second kappa shape index (κ2) is 8.07. The molecule has 0 saturated carbocycles. The van der Waals surface area contributed by atoms with Crippen LogP contribution in [0, 0.1) is 0 Å². The molecule has 28 heavy (non-hydrogen) atoms. The molecule has 5 nitrogen and oxygen atoms in total. The van der Waals surface area contributed by atoms with E-state index >= 15 is 0 Å². The predicted octanol–water partition coefficient (Wildman–Crippen LogP) is 5.44. The highest BCUT2D eigenvalue weighted by molar-refractivity contribution is 6.35. The van der Waals surface area contributed by atoms with Gasteiger partial charge in [0.2, 0.25) is 0 Å². The monoisotopic (exact) mass is 398 g/mol. The van der Waals surface area contributed by atoms with E-state index in [9.17, 15) is 9.90 Å². The summed E-state index contributed by atoms with van der Waals surface area (Å²) in [5.74, 6) is -0.711. The zero-order valence-corrected chi connectivity index (χ0v) is 17.1. The van der Waals surface area contributed by atoms with Gasteiger partial charge in [0, 0.05) is 17.5 Å². The fraction of sp³-hybridized carbons (Fsp3) is 0.273. The Hall–Kier alpha value is -2.79.